The quantitative estimate of drug-likeness (QED) is 0.422. The molecule has 7 rings (SSSR count). The van der Waals surface area contributed by atoms with Crippen molar-refractivity contribution in [3.05, 3.63) is 82.3 Å². The van der Waals surface area contributed by atoms with Crippen molar-refractivity contribution >= 4 is 30.1 Å². The van der Waals surface area contributed by atoms with Crippen LogP contribution in [-0.4, -0.2) is 8.07 Å². The predicted octanol–water partition coefficient (Wildman–Crippen LogP) is 1.44. The van der Waals surface area contributed by atoms with Crippen LogP contribution in [0.2, 0.25) is 13.1 Å². The first-order chi connectivity index (χ1) is 13.8. The molecule has 159 valence electrons. The Morgan fingerprint density at radius 1 is 0.968 bits per heavy atom. The van der Waals surface area contributed by atoms with Crippen LogP contribution in [0.5, 0.6) is 0 Å². The Balaban J connectivity index is 0.000000173. The molecule has 0 amide bonds. The summed E-state index contributed by atoms with van der Waals surface area (Å²) in [4.78, 5) is 0. The van der Waals surface area contributed by atoms with Crippen LogP contribution >= 0.6 is 0 Å². The Morgan fingerprint density at radius 3 is 2.32 bits per heavy atom. The zero-order valence-electron chi connectivity index (χ0n) is 18.6. The van der Waals surface area contributed by atoms with Gasteiger partial charge in [0.05, 0.1) is 20.6 Å². The number of fused-ring (bicyclic) bond motifs is 3. The summed E-state index contributed by atoms with van der Waals surface area (Å²) < 4.78 is 5.89. The zero-order chi connectivity index (χ0) is 20.5. The molecule has 2 unspecified atom stereocenters. The van der Waals surface area contributed by atoms with Crippen LogP contribution < -0.4 is 24.8 Å². The van der Waals surface area contributed by atoms with E-state index in [1.165, 1.54) is 33.0 Å². The van der Waals surface area contributed by atoms with Gasteiger partial charge in [-0.3, -0.25) is 0 Å². The third kappa shape index (κ3) is 3.61. The van der Waals surface area contributed by atoms with Crippen molar-refractivity contribution in [3.63, 3.8) is 0 Å². The molecule has 0 saturated carbocycles. The first kappa shape index (κ1) is 24.8. The van der Waals surface area contributed by atoms with Gasteiger partial charge in [-0.2, -0.15) is 0 Å². The van der Waals surface area contributed by atoms with E-state index < -0.39 is 8.07 Å². The summed E-state index contributed by atoms with van der Waals surface area (Å²) in [5.41, 5.74) is 9.90. The molecule has 0 N–H and O–H groups in total. The van der Waals surface area contributed by atoms with Crippen LogP contribution in [0.15, 0.2) is 64.5 Å². The van der Waals surface area contributed by atoms with Crippen molar-refractivity contribution < 1.29 is 54.0 Å². The van der Waals surface area contributed by atoms with Gasteiger partial charge in [-0.05, 0) is 12.1 Å². The molecule has 3 aromatic rings. The Hall–Kier alpha value is -0.860. The van der Waals surface area contributed by atoms with Gasteiger partial charge >= 0.3 is 118 Å². The van der Waals surface area contributed by atoms with Crippen molar-refractivity contribution in [1.29, 1.82) is 0 Å². The first-order valence-electron chi connectivity index (χ1n) is 10.5. The van der Waals surface area contributed by atoms with E-state index >= 15 is 0 Å². The summed E-state index contributed by atoms with van der Waals surface area (Å²) in [7, 11) is -1.04. The standard InChI is InChI=1S/C16H15.C10H12OSi.2ClH.Zr/c1-11(2)14-9-13-8-7-12-5-3-4-6-15(12)16(13)10-14;1-6-9-7-4-11-5-8(7)10(6)12(9,2)3;;;/h3-11H,1-2H3;4-5,9H,1-3H3;2*1H;/q;;;;+2/p-2. The second kappa shape index (κ2) is 8.82. The Kier molecular flexibility index (Phi) is 7.05. The molecule has 31 heavy (non-hydrogen) atoms. The van der Waals surface area contributed by atoms with Gasteiger partial charge in [-0.25, -0.2) is 0 Å². The van der Waals surface area contributed by atoms with Gasteiger partial charge in [0.25, 0.3) is 0 Å². The molecule has 5 heteroatoms. The van der Waals surface area contributed by atoms with Gasteiger partial charge < -0.3 is 29.2 Å². The molecule has 4 aliphatic rings. The van der Waals surface area contributed by atoms with E-state index in [1.807, 2.05) is 12.5 Å². The molecule has 0 radical (unpaired) electrons. The van der Waals surface area contributed by atoms with E-state index in [1.54, 1.807) is 41.1 Å². The van der Waals surface area contributed by atoms with Gasteiger partial charge in [0.1, 0.15) is 0 Å². The van der Waals surface area contributed by atoms with Gasteiger partial charge in [0.15, 0.2) is 0 Å². The van der Waals surface area contributed by atoms with Gasteiger partial charge in [-0.1, -0.05) is 18.7 Å². The SMILES string of the molecule is CC(C)C1=Cc2c(ccc3ccccc23)[CH]1[Zr+2].CC1=C2c3cocc3C1[Si]2(C)C.[Cl-].[Cl-]. The molecule has 1 nitrogen and oxygen atoms in total. The maximum Gasteiger partial charge on any atom is 0.0976 e. The second-order valence-corrected chi connectivity index (χ2v) is 15.4. The molecule has 2 aliphatic carbocycles. The molecule has 3 heterocycles. The largest absolute Gasteiger partial charge is 1.00 e. The van der Waals surface area contributed by atoms with Crippen LogP contribution in [0, 0.1) is 5.92 Å². The molecule has 2 aliphatic heterocycles. The second-order valence-electron chi connectivity index (χ2n) is 9.48. The van der Waals surface area contributed by atoms with Gasteiger partial charge in [0.2, 0.25) is 0 Å². The minimum absolute atomic E-state index is 0. The Morgan fingerprint density at radius 2 is 1.68 bits per heavy atom. The van der Waals surface area contributed by atoms with E-state index in [9.17, 15) is 0 Å². The number of furan rings is 1. The van der Waals surface area contributed by atoms with Crippen molar-refractivity contribution in [3.8, 4) is 0 Å². The van der Waals surface area contributed by atoms with Crippen LogP contribution in [0.1, 0.15) is 52.2 Å². The Bertz CT molecular complexity index is 1210. The van der Waals surface area contributed by atoms with Crippen LogP contribution in [0.3, 0.4) is 0 Å². The molecule has 0 saturated heterocycles. The van der Waals surface area contributed by atoms with Crippen LogP contribution in [-0.2, 0) is 24.7 Å². The molecule has 2 atom stereocenters. The summed E-state index contributed by atoms with van der Waals surface area (Å²) in [6, 6.07) is 13.3. The molecule has 0 fully saturated rings. The minimum Gasteiger partial charge on any atom is -1.00 e. The van der Waals surface area contributed by atoms with Crippen molar-refractivity contribution in [2.24, 2.45) is 5.92 Å². The van der Waals surface area contributed by atoms with E-state index in [2.05, 4.69) is 76.3 Å². The number of halogens is 2. The van der Waals surface area contributed by atoms with E-state index in [-0.39, 0.29) is 24.8 Å². The number of hydrogen-bond donors (Lipinski definition) is 0. The van der Waals surface area contributed by atoms with Crippen molar-refractivity contribution in [1.82, 2.24) is 0 Å². The van der Waals surface area contributed by atoms with Crippen LogP contribution in [0.25, 0.3) is 22.0 Å². The summed E-state index contributed by atoms with van der Waals surface area (Å²) in [5.74, 6) is 0.658. The average Bonchev–Trinajstić information content (AvgIpc) is 3.38. The third-order valence-electron chi connectivity index (χ3n) is 7.09. The molecule has 2 aromatic carbocycles. The molecular formula is C26H27Cl2OSiZr. The number of allylic oxidation sites excluding steroid dienone is 2. The molecule has 1 aromatic heterocycles. The Labute approximate surface area is 214 Å². The fraction of sp³-hybridized carbons (Fsp3) is 0.308. The maximum atomic E-state index is 5.22. The maximum absolute atomic E-state index is 5.22. The molecule has 2 bridgehead atoms. The van der Waals surface area contributed by atoms with Crippen molar-refractivity contribution in [2.45, 2.75) is 43.0 Å². The first-order valence-corrected chi connectivity index (χ1v) is 15.0. The van der Waals surface area contributed by atoms with Crippen molar-refractivity contribution in [2.75, 3.05) is 0 Å². The zero-order valence-corrected chi connectivity index (χ0v) is 23.6. The topological polar surface area (TPSA) is 13.1 Å². The number of benzene rings is 2. The van der Waals surface area contributed by atoms with Gasteiger partial charge in [0, 0.05) is 16.7 Å². The fourth-order valence-corrected chi connectivity index (χ4v) is 11.8. The third-order valence-corrected chi connectivity index (χ3v) is 12.8. The monoisotopic (exact) mass is 543 g/mol. The smallest absolute Gasteiger partial charge is 0.0976 e. The predicted molar refractivity (Wildman–Crippen MR) is 121 cm³/mol. The normalized spacial score (nSPS) is 21.4. The summed E-state index contributed by atoms with van der Waals surface area (Å²) in [6.45, 7) is 11.8. The van der Waals surface area contributed by atoms with E-state index in [0.717, 1.165) is 5.54 Å². The van der Waals surface area contributed by atoms with Crippen LogP contribution in [0.4, 0.5) is 0 Å². The molecular weight excluding hydrogens is 519 g/mol. The summed E-state index contributed by atoms with van der Waals surface area (Å²) in [5, 5.41) is 4.43. The van der Waals surface area contributed by atoms with Gasteiger partial charge in [-0.15, -0.1) is 0 Å². The number of rotatable bonds is 1. The van der Waals surface area contributed by atoms with E-state index in [0.29, 0.717) is 9.54 Å². The fourth-order valence-electron chi connectivity index (χ4n) is 5.83. The number of hydrogen-bond acceptors (Lipinski definition) is 1. The summed E-state index contributed by atoms with van der Waals surface area (Å²) >= 11 is 1.61. The average molecular weight is 546 g/mol. The summed E-state index contributed by atoms with van der Waals surface area (Å²) in [6.07, 6.45) is 6.30. The minimum atomic E-state index is -1.04. The van der Waals surface area contributed by atoms with E-state index in [4.69, 9.17) is 4.42 Å². The molecule has 0 spiro atoms.